The van der Waals surface area contributed by atoms with Crippen LogP contribution in [-0.4, -0.2) is 116 Å². The Labute approximate surface area is 323 Å². The Kier molecular flexibility index (Phi) is 15.1. The lowest BCUT2D eigenvalue weighted by Crippen LogP contribution is -2.53. The quantitative estimate of drug-likeness (QED) is 0.0606. The van der Waals surface area contributed by atoms with Gasteiger partial charge in [-0.15, -0.1) is 5.06 Å². The summed E-state index contributed by atoms with van der Waals surface area (Å²) in [5, 5.41) is 49.8. The van der Waals surface area contributed by atoms with E-state index in [4.69, 9.17) is 19.0 Å². The van der Waals surface area contributed by atoms with Gasteiger partial charge in [0.2, 0.25) is 18.1 Å². The van der Waals surface area contributed by atoms with Crippen LogP contribution in [0.2, 0.25) is 0 Å². The number of alkyl halides is 1. The highest BCUT2D eigenvalue weighted by molar-refractivity contribution is 14.1. The minimum absolute atomic E-state index is 0.0120. The Hall–Kier alpha value is -4.58. The van der Waals surface area contributed by atoms with Crippen molar-refractivity contribution >= 4 is 69.9 Å². The first-order valence-electron chi connectivity index (χ1n) is 16.5. The summed E-state index contributed by atoms with van der Waals surface area (Å²) in [6.45, 7) is 5.73. The standard InChI is InChI=1S/C33H44IN5O15/c1-32(2,15-33(3,4)30(49)54-39-21(42)8-9-22(39)43)29(48)38-26(34)27(45)36-11-10-20(41)37-17-12-16(14-51-31(50)35-5)6-7-19(17)52-23-13-18(40)24(44)25(53-23)28(46)47/h6-9,12,18,21,23-26,40,42,44H,10-11,13-15H2,1-5H3,(H,35,50)(H,36,45)(H,37,41)(H,38,48)(H,46,47)/t18-,21?,23-,24+,25+,26?/m1/s1. The molecule has 0 bridgehead atoms. The molecule has 5 amide bonds. The highest BCUT2D eigenvalue weighted by atomic mass is 127. The molecule has 1 aromatic carbocycles. The zero-order valence-corrected chi connectivity index (χ0v) is 32.1. The Bertz CT molecular complexity index is 1640. The van der Waals surface area contributed by atoms with E-state index >= 15 is 0 Å². The number of benzene rings is 1. The van der Waals surface area contributed by atoms with Crippen LogP contribution in [0, 0.1) is 10.8 Å². The molecular weight excluding hydrogens is 833 g/mol. The first-order valence-corrected chi connectivity index (χ1v) is 17.7. The highest BCUT2D eigenvalue weighted by Crippen LogP contribution is 2.36. The molecule has 20 nitrogen and oxygen atoms in total. The predicted molar refractivity (Wildman–Crippen MR) is 192 cm³/mol. The Morgan fingerprint density at radius 1 is 1.07 bits per heavy atom. The van der Waals surface area contributed by atoms with Crippen LogP contribution in [0.5, 0.6) is 5.75 Å². The number of rotatable bonds is 16. The van der Waals surface area contributed by atoms with Gasteiger partial charge < -0.3 is 60.7 Å². The largest absolute Gasteiger partial charge is 0.479 e. The number of nitrogens with zero attached hydrogens (tertiary/aromatic N) is 1. The minimum atomic E-state index is -1.78. The molecule has 6 atom stereocenters. The number of halogens is 1. The number of aliphatic hydroxyl groups excluding tert-OH is 3. The number of hydrogen-bond acceptors (Lipinski definition) is 14. The van der Waals surface area contributed by atoms with E-state index < -0.39 is 87.4 Å². The topological polar surface area (TPSA) is 289 Å². The number of alkyl carbamates (subject to hydrolysis) is 1. The molecule has 8 N–H and O–H groups in total. The number of carboxylic acid groups (broad SMARTS) is 1. The number of aliphatic carboxylic acids is 1. The molecule has 0 aliphatic carbocycles. The van der Waals surface area contributed by atoms with Crippen LogP contribution in [0.1, 0.15) is 52.5 Å². The summed E-state index contributed by atoms with van der Waals surface area (Å²) in [4.78, 5) is 91.8. The molecule has 1 saturated heterocycles. The fourth-order valence-electron chi connectivity index (χ4n) is 5.35. The second kappa shape index (κ2) is 18.6. The molecule has 21 heteroatoms. The summed E-state index contributed by atoms with van der Waals surface area (Å²) in [7, 11) is 1.37. The summed E-state index contributed by atoms with van der Waals surface area (Å²) >= 11 is 1.69. The van der Waals surface area contributed by atoms with Gasteiger partial charge in [-0.1, -0.05) is 19.9 Å². The van der Waals surface area contributed by atoms with Crippen molar-refractivity contribution in [1.82, 2.24) is 21.0 Å². The number of carbonyl (C=O) groups is 7. The van der Waals surface area contributed by atoms with Gasteiger partial charge in [0.05, 0.1) is 17.2 Å². The molecule has 1 aromatic rings. The van der Waals surface area contributed by atoms with E-state index in [2.05, 4.69) is 21.3 Å². The predicted octanol–water partition coefficient (Wildman–Crippen LogP) is -0.218. The van der Waals surface area contributed by atoms with Crippen molar-refractivity contribution in [2.24, 2.45) is 10.8 Å². The third-order valence-corrected chi connectivity index (χ3v) is 8.95. The number of nitrogens with one attached hydrogen (secondary N) is 4. The van der Waals surface area contributed by atoms with Gasteiger partial charge in [0.1, 0.15) is 18.5 Å². The van der Waals surface area contributed by atoms with Crippen molar-refractivity contribution in [2.45, 2.75) is 88.4 Å². The maximum atomic E-state index is 13.2. The molecule has 2 unspecified atom stereocenters. The average Bonchev–Trinajstić information content (AvgIpc) is 3.40. The summed E-state index contributed by atoms with van der Waals surface area (Å²) in [5.74, 6) is -4.96. The molecule has 1 fully saturated rings. The Balaban J connectivity index is 1.57. The van der Waals surface area contributed by atoms with Gasteiger partial charge in [0.25, 0.3) is 11.8 Å². The van der Waals surface area contributed by atoms with Crippen molar-refractivity contribution in [3.8, 4) is 5.75 Å². The van der Waals surface area contributed by atoms with Crippen molar-refractivity contribution < 1.29 is 73.0 Å². The van der Waals surface area contributed by atoms with Crippen LogP contribution in [0.4, 0.5) is 10.5 Å². The molecule has 2 heterocycles. The van der Waals surface area contributed by atoms with Gasteiger partial charge in [-0.25, -0.2) is 14.4 Å². The third kappa shape index (κ3) is 12.0. The van der Waals surface area contributed by atoms with Gasteiger partial charge in [-0.2, -0.15) is 0 Å². The van der Waals surface area contributed by atoms with Gasteiger partial charge in [-0.05, 0) is 66.6 Å². The van der Waals surface area contributed by atoms with E-state index in [9.17, 15) is 54.0 Å². The first-order chi connectivity index (χ1) is 25.1. The maximum absolute atomic E-state index is 13.2. The van der Waals surface area contributed by atoms with Crippen LogP contribution in [-0.2, 0) is 49.7 Å². The lowest BCUT2D eigenvalue weighted by molar-refractivity contribution is -0.228. The first kappa shape index (κ1) is 43.8. The van der Waals surface area contributed by atoms with Crippen LogP contribution in [0.15, 0.2) is 30.4 Å². The SMILES string of the molecule is CNC(=O)OCc1ccc(O[C@H]2C[C@@H](O)[C@H](O)[C@@H](C(=O)O)O2)c(NC(=O)CCNC(=O)C(I)NC(=O)C(C)(C)CC(C)(C)C(=O)ON2C(=O)C=CC2O)c1. The number of hydrogen-bond donors (Lipinski definition) is 8. The number of anilines is 1. The zero-order chi connectivity index (χ0) is 40.5. The zero-order valence-electron chi connectivity index (χ0n) is 30.0. The minimum Gasteiger partial charge on any atom is -0.479 e. The van der Waals surface area contributed by atoms with Gasteiger partial charge in [-0.3, -0.25) is 19.2 Å². The van der Waals surface area contributed by atoms with Gasteiger partial charge in [0, 0.05) is 37.9 Å². The number of carbonyl (C=O) groups excluding carboxylic acids is 6. The monoisotopic (exact) mass is 877 g/mol. The van der Waals surface area contributed by atoms with Crippen molar-refractivity contribution in [3.63, 3.8) is 0 Å². The summed E-state index contributed by atoms with van der Waals surface area (Å²) in [5.41, 5.74) is -2.04. The molecule has 3 rings (SSSR count). The smallest absolute Gasteiger partial charge is 0.407 e. The second-order valence-corrected chi connectivity index (χ2v) is 14.8. The lowest BCUT2D eigenvalue weighted by atomic mass is 9.74. The van der Waals surface area contributed by atoms with E-state index in [0.717, 1.165) is 12.2 Å². The Morgan fingerprint density at radius 3 is 2.37 bits per heavy atom. The lowest BCUT2D eigenvalue weighted by Gasteiger charge is -2.35. The van der Waals surface area contributed by atoms with Crippen LogP contribution >= 0.6 is 22.6 Å². The van der Waals surface area contributed by atoms with Crippen molar-refractivity contribution in [1.29, 1.82) is 0 Å². The molecular formula is C33H44IN5O15. The van der Waals surface area contributed by atoms with Crippen molar-refractivity contribution in [2.75, 3.05) is 18.9 Å². The molecule has 54 heavy (non-hydrogen) atoms. The molecule has 0 aromatic heterocycles. The van der Waals surface area contributed by atoms with E-state index in [1.165, 1.54) is 39.1 Å². The Morgan fingerprint density at radius 2 is 1.76 bits per heavy atom. The molecule has 2 aliphatic rings. The van der Waals surface area contributed by atoms with E-state index in [1.54, 1.807) is 36.4 Å². The summed E-state index contributed by atoms with van der Waals surface area (Å²) < 4.78 is 15.0. The van der Waals surface area contributed by atoms with Crippen LogP contribution in [0.3, 0.4) is 0 Å². The van der Waals surface area contributed by atoms with Crippen molar-refractivity contribution in [3.05, 3.63) is 35.9 Å². The molecule has 0 saturated carbocycles. The fourth-order valence-corrected chi connectivity index (χ4v) is 5.85. The van der Waals surface area contributed by atoms with Gasteiger partial charge >= 0.3 is 18.0 Å². The molecule has 2 aliphatic heterocycles. The summed E-state index contributed by atoms with van der Waals surface area (Å²) in [6.07, 6.45) is -6.88. The number of hydroxylamine groups is 2. The number of amides is 5. The molecule has 298 valence electrons. The second-order valence-electron chi connectivity index (χ2n) is 13.6. The molecule has 0 spiro atoms. The van der Waals surface area contributed by atoms with E-state index in [1.807, 2.05) is 0 Å². The highest BCUT2D eigenvalue weighted by Gasteiger charge is 2.44. The average molecular weight is 878 g/mol. The number of ether oxygens (including phenoxy) is 3. The summed E-state index contributed by atoms with van der Waals surface area (Å²) in [6, 6.07) is 4.31. The van der Waals surface area contributed by atoms with E-state index in [0.29, 0.717) is 10.6 Å². The maximum Gasteiger partial charge on any atom is 0.407 e. The van der Waals surface area contributed by atoms with Gasteiger partial charge in [0.15, 0.2) is 16.4 Å². The third-order valence-electron chi connectivity index (χ3n) is 8.07. The normalized spacial score (nSPS) is 21.8. The van der Waals surface area contributed by atoms with Crippen LogP contribution in [0.25, 0.3) is 0 Å². The van der Waals surface area contributed by atoms with E-state index in [-0.39, 0.29) is 43.9 Å². The number of aliphatic hydroxyl groups is 3. The van der Waals surface area contributed by atoms with Crippen LogP contribution < -0.4 is 26.0 Å². The number of carboxylic acids is 1. The fraction of sp³-hybridized carbons (Fsp3) is 0.545. The molecule has 0 radical (unpaired) electrons.